The maximum absolute atomic E-state index is 14.3. The number of ether oxygens (including phenoxy) is 1. The molecule has 0 radical (unpaired) electrons. The zero-order chi connectivity index (χ0) is 20.1. The molecule has 3 aromatic carbocycles. The first-order valence-corrected chi connectivity index (χ1v) is 9.21. The second-order valence-corrected chi connectivity index (χ2v) is 6.33. The average Bonchev–Trinajstić information content (AvgIpc) is 2.70. The molecule has 0 bridgehead atoms. The van der Waals surface area contributed by atoms with E-state index in [0.29, 0.717) is 29.9 Å². The third-order valence-electron chi connectivity index (χ3n) is 4.50. The standard InChI is InChI=1S/C24H21F3O/c1-3-17-11-12-19(24(27)23(17)26)10-7-16-5-8-18(9-6-16)21-14-13-20(28-4-2)15-22(21)25/h5-15H,3-4H2,1-2H3/b10-7+. The largest absolute Gasteiger partial charge is 0.494 e. The molecule has 0 N–H and O–H groups in total. The Labute approximate surface area is 163 Å². The van der Waals surface area contributed by atoms with E-state index in [4.69, 9.17) is 4.74 Å². The summed E-state index contributed by atoms with van der Waals surface area (Å²) in [6.45, 7) is 4.10. The van der Waals surface area contributed by atoms with Gasteiger partial charge in [0.15, 0.2) is 11.6 Å². The summed E-state index contributed by atoms with van der Waals surface area (Å²) in [6.07, 6.45) is 3.67. The minimum atomic E-state index is -0.844. The van der Waals surface area contributed by atoms with E-state index in [-0.39, 0.29) is 11.4 Å². The molecule has 0 saturated carbocycles. The summed E-state index contributed by atoms with van der Waals surface area (Å²) in [5, 5.41) is 0. The molecular weight excluding hydrogens is 361 g/mol. The SMILES string of the molecule is CCOc1ccc(-c2ccc(/C=C/c3ccc(CC)c(F)c3F)cc2)c(F)c1. The van der Waals surface area contributed by atoms with Crippen LogP contribution < -0.4 is 4.74 Å². The summed E-state index contributed by atoms with van der Waals surface area (Å²) in [5.74, 6) is -1.51. The Morgan fingerprint density at radius 3 is 2.21 bits per heavy atom. The van der Waals surface area contributed by atoms with Crippen LogP contribution in [-0.4, -0.2) is 6.61 Å². The number of hydrogen-bond acceptors (Lipinski definition) is 1. The molecule has 0 heterocycles. The third-order valence-corrected chi connectivity index (χ3v) is 4.50. The first kappa shape index (κ1) is 19.7. The zero-order valence-electron chi connectivity index (χ0n) is 15.8. The van der Waals surface area contributed by atoms with Crippen LogP contribution in [0.25, 0.3) is 23.3 Å². The third kappa shape index (κ3) is 4.28. The number of benzene rings is 3. The number of rotatable bonds is 6. The van der Waals surface area contributed by atoms with Gasteiger partial charge in [-0.3, -0.25) is 0 Å². The molecule has 28 heavy (non-hydrogen) atoms. The van der Waals surface area contributed by atoms with Gasteiger partial charge in [0, 0.05) is 17.2 Å². The highest BCUT2D eigenvalue weighted by Gasteiger charge is 2.10. The minimum absolute atomic E-state index is 0.191. The van der Waals surface area contributed by atoms with Crippen molar-refractivity contribution < 1.29 is 17.9 Å². The maximum Gasteiger partial charge on any atom is 0.166 e. The summed E-state index contributed by atoms with van der Waals surface area (Å²) in [5.41, 5.74) is 2.55. The van der Waals surface area contributed by atoms with Gasteiger partial charge in [0.25, 0.3) is 0 Å². The van der Waals surface area contributed by atoms with Crippen molar-refractivity contribution in [2.45, 2.75) is 20.3 Å². The summed E-state index contributed by atoms with van der Waals surface area (Å²) >= 11 is 0. The number of aryl methyl sites for hydroxylation is 1. The fourth-order valence-electron chi connectivity index (χ4n) is 2.95. The summed E-state index contributed by atoms with van der Waals surface area (Å²) < 4.78 is 47.6. The molecule has 4 heteroatoms. The lowest BCUT2D eigenvalue weighted by molar-refractivity contribution is 0.338. The Morgan fingerprint density at radius 2 is 1.57 bits per heavy atom. The fraction of sp³-hybridized carbons (Fsp3) is 0.167. The van der Waals surface area contributed by atoms with Gasteiger partial charge in [-0.25, -0.2) is 13.2 Å². The van der Waals surface area contributed by atoms with E-state index < -0.39 is 11.6 Å². The van der Waals surface area contributed by atoms with Crippen molar-refractivity contribution in [2.75, 3.05) is 6.61 Å². The van der Waals surface area contributed by atoms with Crippen LogP contribution in [0.4, 0.5) is 13.2 Å². The lowest BCUT2D eigenvalue weighted by Crippen LogP contribution is -1.95. The van der Waals surface area contributed by atoms with Gasteiger partial charge in [-0.1, -0.05) is 55.5 Å². The van der Waals surface area contributed by atoms with Crippen LogP contribution >= 0.6 is 0 Å². The average molecular weight is 382 g/mol. The van der Waals surface area contributed by atoms with E-state index >= 15 is 0 Å². The normalized spacial score (nSPS) is 11.2. The van der Waals surface area contributed by atoms with Crippen LogP contribution in [0, 0.1) is 17.5 Å². The lowest BCUT2D eigenvalue weighted by atomic mass is 10.0. The topological polar surface area (TPSA) is 9.23 Å². The molecule has 0 aliphatic heterocycles. The highest BCUT2D eigenvalue weighted by molar-refractivity contribution is 5.72. The van der Waals surface area contributed by atoms with E-state index in [2.05, 4.69) is 0 Å². The van der Waals surface area contributed by atoms with Gasteiger partial charge in [0.2, 0.25) is 0 Å². The predicted molar refractivity (Wildman–Crippen MR) is 108 cm³/mol. The van der Waals surface area contributed by atoms with Gasteiger partial charge in [-0.05, 0) is 42.2 Å². The van der Waals surface area contributed by atoms with Gasteiger partial charge in [0.05, 0.1) is 6.61 Å². The van der Waals surface area contributed by atoms with Crippen molar-refractivity contribution in [3.8, 4) is 16.9 Å². The molecule has 0 saturated heterocycles. The van der Waals surface area contributed by atoms with Crippen molar-refractivity contribution in [3.63, 3.8) is 0 Å². The van der Waals surface area contributed by atoms with Crippen LogP contribution in [0.3, 0.4) is 0 Å². The predicted octanol–water partition coefficient (Wildman–Crippen LogP) is 6.90. The van der Waals surface area contributed by atoms with Crippen LogP contribution in [0.2, 0.25) is 0 Å². The van der Waals surface area contributed by atoms with Crippen molar-refractivity contribution in [1.82, 2.24) is 0 Å². The monoisotopic (exact) mass is 382 g/mol. The van der Waals surface area contributed by atoms with E-state index in [1.54, 1.807) is 61.5 Å². The molecule has 0 spiro atoms. The van der Waals surface area contributed by atoms with Gasteiger partial charge in [-0.15, -0.1) is 0 Å². The highest BCUT2D eigenvalue weighted by atomic mass is 19.2. The van der Waals surface area contributed by atoms with Crippen LogP contribution in [-0.2, 0) is 6.42 Å². The van der Waals surface area contributed by atoms with Crippen LogP contribution in [0.15, 0.2) is 54.6 Å². The van der Waals surface area contributed by atoms with Crippen LogP contribution in [0.5, 0.6) is 5.75 Å². The Balaban J connectivity index is 1.80. The summed E-state index contributed by atoms with van der Waals surface area (Å²) in [4.78, 5) is 0. The first-order chi connectivity index (χ1) is 13.5. The second-order valence-electron chi connectivity index (χ2n) is 6.33. The molecule has 0 fully saturated rings. The quantitative estimate of drug-likeness (QED) is 0.421. The molecule has 3 aromatic rings. The first-order valence-electron chi connectivity index (χ1n) is 9.21. The van der Waals surface area contributed by atoms with Gasteiger partial charge < -0.3 is 4.74 Å². The van der Waals surface area contributed by atoms with Crippen molar-refractivity contribution in [2.24, 2.45) is 0 Å². The lowest BCUT2D eigenvalue weighted by Gasteiger charge is -2.07. The van der Waals surface area contributed by atoms with E-state index in [9.17, 15) is 13.2 Å². The summed E-state index contributed by atoms with van der Waals surface area (Å²) in [6, 6.07) is 15.1. The number of hydrogen-bond donors (Lipinski definition) is 0. The Hall–Kier alpha value is -3.01. The van der Waals surface area contributed by atoms with E-state index in [0.717, 1.165) is 11.1 Å². The highest BCUT2D eigenvalue weighted by Crippen LogP contribution is 2.27. The van der Waals surface area contributed by atoms with Crippen molar-refractivity contribution in [3.05, 3.63) is 88.7 Å². The van der Waals surface area contributed by atoms with Gasteiger partial charge >= 0.3 is 0 Å². The molecule has 0 aliphatic rings. The Morgan fingerprint density at radius 1 is 0.821 bits per heavy atom. The van der Waals surface area contributed by atoms with Crippen molar-refractivity contribution in [1.29, 1.82) is 0 Å². The van der Waals surface area contributed by atoms with Gasteiger partial charge in [-0.2, -0.15) is 0 Å². The van der Waals surface area contributed by atoms with E-state index in [1.807, 2.05) is 6.92 Å². The molecular formula is C24H21F3O. The number of halogens is 3. The maximum atomic E-state index is 14.3. The van der Waals surface area contributed by atoms with Crippen molar-refractivity contribution >= 4 is 12.2 Å². The van der Waals surface area contributed by atoms with Gasteiger partial charge in [0.1, 0.15) is 11.6 Å². The molecule has 0 amide bonds. The molecule has 0 atom stereocenters. The zero-order valence-corrected chi connectivity index (χ0v) is 15.8. The molecule has 0 aliphatic carbocycles. The molecule has 144 valence electrons. The minimum Gasteiger partial charge on any atom is -0.494 e. The Kier molecular flexibility index (Phi) is 6.19. The molecule has 0 aromatic heterocycles. The van der Waals surface area contributed by atoms with Crippen LogP contribution in [0.1, 0.15) is 30.5 Å². The smallest absolute Gasteiger partial charge is 0.166 e. The Bertz CT molecular complexity index is 991. The molecule has 1 nitrogen and oxygen atoms in total. The summed E-state index contributed by atoms with van der Waals surface area (Å²) in [7, 11) is 0. The fourth-order valence-corrected chi connectivity index (χ4v) is 2.95. The second kappa shape index (κ2) is 8.79. The molecule has 0 unspecified atom stereocenters. The molecule has 3 rings (SSSR count). The van der Waals surface area contributed by atoms with E-state index in [1.165, 1.54) is 12.1 Å².